The summed E-state index contributed by atoms with van der Waals surface area (Å²) in [4.78, 5) is 20.5. The summed E-state index contributed by atoms with van der Waals surface area (Å²) in [6.45, 7) is 0. The summed E-state index contributed by atoms with van der Waals surface area (Å²) < 4.78 is 0. The van der Waals surface area contributed by atoms with Gasteiger partial charge in [0.05, 0.1) is 10.6 Å². The third-order valence-electron chi connectivity index (χ3n) is 3.98. The molecule has 0 bridgehead atoms. The molecule has 1 fully saturated rings. The van der Waals surface area contributed by atoms with Gasteiger partial charge in [0, 0.05) is 11.9 Å². The van der Waals surface area contributed by atoms with Crippen molar-refractivity contribution in [1.29, 1.82) is 0 Å². The van der Waals surface area contributed by atoms with Gasteiger partial charge in [0.2, 0.25) is 0 Å². The molecule has 0 unspecified atom stereocenters. The van der Waals surface area contributed by atoms with Crippen LogP contribution in [0.5, 0.6) is 0 Å². The van der Waals surface area contributed by atoms with Gasteiger partial charge in [-0.2, -0.15) is 0 Å². The first-order valence-corrected chi connectivity index (χ1v) is 9.85. The Kier molecular flexibility index (Phi) is 4.73. The molecule has 1 aliphatic heterocycles. The molecule has 1 saturated heterocycles. The summed E-state index contributed by atoms with van der Waals surface area (Å²) in [5.41, 5.74) is 3.20. The van der Waals surface area contributed by atoms with Crippen molar-refractivity contribution in [2.45, 2.75) is 0 Å². The highest BCUT2D eigenvalue weighted by Crippen LogP contribution is 2.35. The Labute approximate surface area is 160 Å². The highest BCUT2D eigenvalue weighted by atomic mass is 32.2. The van der Waals surface area contributed by atoms with Crippen LogP contribution in [0, 0.1) is 0 Å². The summed E-state index contributed by atoms with van der Waals surface area (Å²) in [7, 11) is 1.77. The van der Waals surface area contributed by atoms with Crippen molar-refractivity contribution in [3.8, 4) is 11.1 Å². The Morgan fingerprint density at radius 3 is 2.38 bits per heavy atom. The monoisotopic (exact) mass is 376 g/mol. The van der Waals surface area contributed by atoms with Gasteiger partial charge in [-0.05, 0) is 52.5 Å². The second kappa shape index (κ2) is 7.32. The molecule has 26 heavy (non-hydrogen) atoms. The van der Waals surface area contributed by atoms with E-state index in [9.17, 15) is 4.79 Å². The molecule has 1 aromatic heterocycles. The maximum atomic E-state index is 12.5. The van der Waals surface area contributed by atoms with Gasteiger partial charge in [-0.15, -0.1) is 11.3 Å². The molecule has 2 heterocycles. The van der Waals surface area contributed by atoms with Gasteiger partial charge < -0.3 is 0 Å². The Morgan fingerprint density at radius 2 is 1.65 bits per heavy atom. The summed E-state index contributed by atoms with van der Waals surface area (Å²) >= 11 is 3.06. The van der Waals surface area contributed by atoms with Gasteiger partial charge in [0.15, 0.2) is 5.17 Å². The molecule has 0 aliphatic carbocycles. The highest BCUT2D eigenvalue weighted by molar-refractivity contribution is 8.18. The number of para-hydroxylation sites is 1. The van der Waals surface area contributed by atoms with Crippen LogP contribution in [0.2, 0.25) is 0 Å². The van der Waals surface area contributed by atoms with Crippen molar-refractivity contribution in [3.63, 3.8) is 0 Å². The third kappa shape index (κ3) is 3.49. The number of thiophene rings is 1. The number of nitrogens with zero attached hydrogens (tertiary/aromatic N) is 2. The minimum atomic E-state index is -0.0145. The number of likely N-dealkylation sites (N-methyl/N-ethyl adjacent to an activating group) is 1. The number of carbonyl (C=O) groups is 1. The first-order chi connectivity index (χ1) is 12.7. The molecule has 0 saturated carbocycles. The number of thioether (sulfide) groups is 1. The average molecular weight is 377 g/mol. The van der Waals surface area contributed by atoms with Crippen LogP contribution in [-0.2, 0) is 4.79 Å². The normalized spacial score (nSPS) is 17.4. The zero-order valence-corrected chi connectivity index (χ0v) is 15.8. The third-order valence-corrected chi connectivity index (χ3v) is 5.92. The molecule has 0 atom stereocenters. The lowest BCUT2D eigenvalue weighted by Gasteiger charge is -2.06. The van der Waals surface area contributed by atoms with E-state index in [0.29, 0.717) is 10.1 Å². The number of rotatable bonds is 3. The van der Waals surface area contributed by atoms with Gasteiger partial charge in [0.1, 0.15) is 0 Å². The van der Waals surface area contributed by atoms with E-state index < -0.39 is 0 Å². The number of hydrogen-bond donors (Lipinski definition) is 0. The number of hydrogen-bond acceptors (Lipinski definition) is 4. The molecule has 1 amide bonds. The first kappa shape index (κ1) is 16.8. The van der Waals surface area contributed by atoms with E-state index in [2.05, 4.69) is 28.6 Å². The maximum Gasteiger partial charge on any atom is 0.266 e. The molecule has 0 spiro atoms. The number of benzene rings is 2. The van der Waals surface area contributed by atoms with E-state index in [1.54, 1.807) is 23.3 Å². The summed E-state index contributed by atoms with van der Waals surface area (Å²) in [6, 6.07) is 22.1. The Balaban J connectivity index is 1.59. The van der Waals surface area contributed by atoms with E-state index in [-0.39, 0.29) is 5.91 Å². The summed E-state index contributed by atoms with van der Waals surface area (Å²) in [5.74, 6) is -0.0145. The Morgan fingerprint density at radius 1 is 0.962 bits per heavy atom. The van der Waals surface area contributed by atoms with Crippen molar-refractivity contribution in [1.82, 2.24) is 4.90 Å². The van der Waals surface area contributed by atoms with Crippen LogP contribution in [-0.4, -0.2) is 23.0 Å². The predicted molar refractivity (Wildman–Crippen MR) is 112 cm³/mol. The summed E-state index contributed by atoms with van der Waals surface area (Å²) in [5, 5.41) is 2.82. The van der Waals surface area contributed by atoms with E-state index in [0.717, 1.165) is 10.6 Å². The second-order valence-electron chi connectivity index (χ2n) is 5.81. The molecule has 3 aromatic rings. The van der Waals surface area contributed by atoms with Gasteiger partial charge in [0.25, 0.3) is 5.91 Å². The van der Waals surface area contributed by atoms with Crippen molar-refractivity contribution in [2.75, 3.05) is 7.05 Å². The molecular formula is C21H16N2OS2. The predicted octanol–water partition coefficient (Wildman–Crippen LogP) is 5.65. The zero-order chi connectivity index (χ0) is 17.9. The molecular weight excluding hydrogens is 360 g/mol. The molecule has 1 aliphatic rings. The number of aliphatic imine (C=N–C) groups is 1. The second-order valence-corrected chi connectivity index (χ2v) is 7.76. The smallest absolute Gasteiger partial charge is 0.266 e. The van der Waals surface area contributed by atoms with Gasteiger partial charge >= 0.3 is 0 Å². The lowest BCUT2D eigenvalue weighted by molar-refractivity contribution is -0.121. The molecule has 128 valence electrons. The van der Waals surface area contributed by atoms with Crippen molar-refractivity contribution < 1.29 is 4.79 Å². The number of carbonyl (C=O) groups excluding carboxylic acids is 1. The fraction of sp³-hybridized carbons (Fsp3) is 0.0476. The van der Waals surface area contributed by atoms with Crippen LogP contribution < -0.4 is 0 Å². The van der Waals surface area contributed by atoms with E-state index in [1.165, 1.54) is 22.9 Å². The SMILES string of the molecule is CN1C(=O)/C(=C/c2cc(-c3ccccc3)cs2)SC1=Nc1ccccc1. The van der Waals surface area contributed by atoms with E-state index in [4.69, 9.17) is 0 Å². The zero-order valence-electron chi connectivity index (χ0n) is 14.1. The average Bonchev–Trinajstić information content (AvgIpc) is 3.25. The van der Waals surface area contributed by atoms with Crippen molar-refractivity contribution >= 4 is 45.9 Å². The largest absolute Gasteiger partial charge is 0.290 e. The first-order valence-electron chi connectivity index (χ1n) is 8.16. The van der Waals surface area contributed by atoms with E-state index >= 15 is 0 Å². The van der Waals surface area contributed by atoms with Crippen LogP contribution in [0.1, 0.15) is 4.88 Å². The Hall–Kier alpha value is -2.63. The molecule has 0 radical (unpaired) electrons. The van der Waals surface area contributed by atoms with Crippen LogP contribution >= 0.6 is 23.1 Å². The molecule has 2 aromatic carbocycles. The molecule has 0 N–H and O–H groups in total. The van der Waals surface area contributed by atoms with E-state index in [1.807, 2.05) is 54.6 Å². The standard InChI is InChI=1S/C21H16N2OS2/c1-23-20(24)19(26-21(23)22-17-10-6-3-7-11-17)13-18-12-16(14-25-18)15-8-4-2-5-9-15/h2-14H,1H3/b19-13-,22-21?. The topological polar surface area (TPSA) is 32.7 Å². The summed E-state index contributed by atoms with van der Waals surface area (Å²) in [6.07, 6.45) is 1.95. The lowest BCUT2D eigenvalue weighted by atomic mass is 10.1. The quantitative estimate of drug-likeness (QED) is 0.553. The molecule has 4 rings (SSSR count). The van der Waals surface area contributed by atoms with Gasteiger partial charge in [-0.25, -0.2) is 4.99 Å². The fourth-order valence-electron chi connectivity index (χ4n) is 2.60. The maximum absolute atomic E-state index is 12.5. The van der Waals surface area contributed by atoms with Crippen molar-refractivity contribution in [3.05, 3.63) is 81.9 Å². The molecule has 3 nitrogen and oxygen atoms in total. The minimum absolute atomic E-state index is 0.0145. The minimum Gasteiger partial charge on any atom is -0.290 e. The highest BCUT2D eigenvalue weighted by Gasteiger charge is 2.30. The number of amidine groups is 1. The Bertz CT molecular complexity index is 991. The van der Waals surface area contributed by atoms with Gasteiger partial charge in [-0.3, -0.25) is 9.69 Å². The van der Waals surface area contributed by atoms with Crippen LogP contribution in [0.4, 0.5) is 5.69 Å². The number of amides is 1. The molecule has 5 heteroatoms. The van der Waals surface area contributed by atoms with Crippen LogP contribution in [0.3, 0.4) is 0 Å². The van der Waals surface area contributed by atoms with Gasteiger partial charge in [-0.1, -0.05) is 48.5 Å². The van der Waals surface area contributed by atoms with Crippen LogP contribution in [0.15, 0.2) is 82.0 Å². The van der Waals surface area contributed by atoms with Crippen LogP contribution in [0.25, 0.3) is 17.2 Å². The fourth-order valence-corrected chi connectivity index (χ4v) is 4.50. The van der Waals surface area contributed by atoms with Crippen molar-refractivity contribution in [2.24, 2.45) is 4.99 Å². The lowest BCUT2D eigenvalue weighted by Crippen LogP contribution is -2.23.